The molecule has 0 radical (unpaired) electrons. The minimum absolute atomic E-state index is 0.00661. The number of fused-ring (bicyclic) bond motifs is 1. The van der Waals surface area contributed by atoms with E-state index in [-0.39, 0.29) is 18.1 Å². The second kappa shape index (κ2) is 9.65. The van der Waals surface area contributed by atoms with Crippen molar-refractivity contribution in [3.05, 3.63) is 87.9 Å². The second-order valence-electron chi connectivity index (χ2n) is 7.97. The maximum absolute atomic E-state index is 13.3. The van der Waals surface area contributed by atoms with Gasteiger partial charge in [0.25, 0.3) is 5.91 Å². The Balaban J connectivity index is 1.59. The van der Waals surface area contributed by atoms with Crippen molar-refractivity contribution in [1.82, 2.24) is 4.90 Å². The average Bonchev–Trinajstić information content (AvgIpc) is 3.11. The Kier molecular flexibility index (Phi) is 6.70. The third-order valence-corrected chi connectivity index (χ3v) is 5.88. The smallest absolute Gasteiger partial charge is 0.255 e. The lowest BCUT2D eigenvalue weighted by Gasteiger charge is -2.28. The molecule has 1 aliphatic heterocycles. The molecule has 0 N–H and O–H groups in total. The first-order valence-electron chi connectivity index (χ1n) is 10.6. The molecule has 0 saturated heterocycles. The van der Waals surface area contributed by atoms with Crippen molar-refractivity contribution in [3.63, 3.8) is 0 Å². The Labute approximate surface area is 197 Å². The van der Waals surface area contributed by atoms with E-state index in [2.05, 4.69) is 15.9 Å². The van der Waals surface area contributed by atoms with E-state index in [1.807, 2.05) is 85.5 Å². The van der Waals surface area contributed by atoms with Crippen LogP contribution in [0.4, 0.5) is 0 Å². The number of carbonyl (C=O) groups excluding carboxylic acids is 1. The molecule has 3 aromatic carbocycles. The fourth-order valence-corrected chi connectivity index (χ4v) is 4.16. The van der Waals surface area contributed by atoms with Gasteiger partial charge < -0.3 is 19.1 Å². The van der Waals surface area contributed by atoms with Crippen LogP contribution in [0.2, 0.25) is 0 Å². The van der Waals surface area contributed by atoms with Crippen LogP contribution in [0.5, 0.6) is 17.2 Å². The number of hydrogen-bond donors (Lipinski definition) is 0. The molecule has 1 heterocycles. The maximum atomic E-state index is 13.3. The van der Waals surface area contributed by atoms with Gasteiger partial charge >= 0.3 is 0 Å². The van der Waals surface area contributed by atoms with Gasteiger partial charge in [0.2, 0.25) is 0 Å². The molecule has 1 amide bonds. The number of hydrogen-bond acceptors (Lipinski definition) is 4. The van der Waals surface area contributed by atoms with Crippen LogP contribution in [0.3, 0.4) is 0 Å². The summed E-state index contributed by atoms with van der Waals surface area (Å²) < 4.78 is 18.0. The zero-order valence-electron chi connectivity index (χ0n) is 18.4. The first kappa shape index (κ1) is 22.2. The van der Waals surface area contributed by atoms with Crippen molar-refractivity contribution < 1.29 is 19.0 Å². The van der Waals surface area contributed by atoms with E-state index in [0.29, 0.717) is 13.2 Å². The van der Waals surface area contributed by atoms with Gasteiger partial charge in [-0.2, -0.15) is 0 Å². The monoisotopic (exact) mass is 495 g/mol. The van der Waals surface area contributed by atoms with Crippen LogP contribution in [-0.2, 0) is 6.54 Å². The zero-order chi connectivity index (χ0) is 22.7. The number of nitrogens with zero attached hydrogens (tertiary/aromatic N) is 1. The van der Waals surface area contributed by atoms with Crippen molar-refractivity contribution in [1.29, 1.82) is 0 Å². The third-order valence-electron chi connectivity index (χ3n) is 5.38. The Morgan fingerprint density at radius 3 is 2.25 bits per heavy atom. The molecule has 5 nitrogen and oxygen atoms in total. The SMILES string of the molecule is COc1ccc(OCC(c2ccc(OC(C)C)cc2)N2Cc3ccc(Br)cc3C2=O)cc1. The van der Waals surface area contributed by atoms with E-state index >= 15 is 0 Å². The molecule has 1 atom stereocenters. The molecule has 0 aromatic heterocycles. The molecule has 1 unspecified atom stereocenters. The number of methoxy groups -OCH3 is 1. The lowest BCUT2D eigenvalue weighted by Crippen LogP contribution is -2.33. The summed E-state index contributed by atoms with van der Waals surface area (Å²) in [4.78, 5) is 15.2. The highest BCUT2D eigenvalue weighted by molar-refractivity contribution is 9.10. The Morgan fingerprint density at radius 1 is 0.938 bits per heavy atom. The number of ether oxygens (including phenoxy) is 3. The minimum atomic E-state index is -0.246. The summed E-state index contributed by atoms with van der Waals surface area (Å²) in [6.07, 6.45) is 0.100. The number of benzene rings is 3. The van der Waals surface area contributed by atoms with Gasteiger partial charge in [-0.3, -0.25) is 4.79 Å². The molecular weight excluding hydrogens is 470 g/mol. The van der Waals surface area contributed by atoms with Gasteiger partial charge in [-0.25, -0.2) is 0 Å². The van der Waals surface area contributed by atoms with Gasteiger partial charge in [0.1, 0.15) is 23.9 Å². The standard InChI is InChI=1S/C26H26BrNO4/c1-17(2)32-23-8-5-18(6-9-23)25(16-31-22-12-10-21(30-3)11-13-22)28-15-19-4-7-20(27)14-24(19)26(28)29/h4-14,17,25H,15-16H2,1-3H3. The molecule has 0 fully saturated rings. The van der Waals surface area contributed by atoms with Crippen molar-refractivity contribution >= 4 is 21.8 Å². The summed E-state index contributed by atoms with van der Waals surface area (Å²) in [6.45, 7) is 4.87. The van der Waals surface area contributed by atoms with Gasteiger partial charge in [-0.05, 0) is 73.5 Å². The van der Waals surface area contributed by atoms with Crippen molar-refractivity contribution in [3.8, 4) is 17.2 Å². The number of rotatable bonds is 8. The van der Waals surface area contributed by atoms with E-state index in [9.17, 15) is 4.79 Å². The molecule has 32 heavy (non-hydrogen) atoms. The maximum Gasteiger partial charge on any atom is 0.255 e. The Bertz CT molecular complexity index is 1080. The highest BCUT2D eigenvalue weighted by atomic mass is 79.9. The van der Waals surface area contributed by atoms with Gasteiger partial charge in [0.05, 0.1) is 19.3 Å². The fraction of sp³-hybridized carbons (Fsp3) is 0.269. The fourth-order valence-electron chi connectivity index (χ4n) is 3.80. The van der Waals surface area contributed by atoms with Gasteiger partial charge in [-0.1, -0.05) is 34.1 Å². The van der Waals surface area contributed by atoms with Crippen LogP contribution in [0, 0.1) is 0 Å². The van der Waals surface area contributed by atoms with Crippen molar-refractivity contribution in [2.75, 3.05) is 13.7 Å². The highest BCUT2D eigenvalue weighted by Gasteiger charge is 2.34. The summed E-state index contributed by atoms with van der Waals surface area (Å²) in [5.74, 6) is 2.30. The first-order chi connectivity index (χ1) is 15.4. The normalized spacial score (nSPS) is 13.8. The summed E-state index contributed by atoms with van der Waals surface area (Å²) in [6, 6.07) is 21.0. The highest BCUT2D eigenvalue weighted by Crippen LogP contribution is 2.34. The molecule has 166 valence electrons. The number of halogens is 1. The second-order valence-corrected chi connectivity index (χ2v) is 8.89. The third kappa shape index (κ3) is 4.91. The van der Waals surface area contributed by atoms with E-state index in [0.717, 1.165) is 38.4 Å². The minimum Gasteiger partial charge on any atom is -0.497 e. The molecule has 0 aliphatic carbocycles. The van der Waals surface area contributed by atoms with E-state index in [1.54, 1.807) is 7.11 Å². The molecule has 0 spiro atoms. The van der Waals surface area contributed by atoms with E-state index in [1.165, 1.54) is 0 Å². The van der Waals surface area contributed by atoms with Crippen molar-refractivity contribution in [2.24, 2.45) is 0 Å². The van der Waals surface area contributed by atoms with Crippen LogP contribution in [0.1, 0.15) is 41.4 Å². The largest absolute Gasteiger partial charge is 0.497 e. The molecule has 0 bridgehead atoms. The van der Waals surface area contributed by atoms with E-state index < -0.39 is 0 Å². The van der Waals surface area contributed by atoms with Gasteiger partial charge in [-0.15, -0.1) is 0 Å². The van der Waals surface area contributed by atoms with Crippen LogP contribution in [0.15, 0.2) is 71.2 Å². The average molecular weight is 496 g/mol. The molecule has 6 heteroatoms. The van der Waals surface area contributed by atoms with E-state index in [4.69, 9.17) is 14.2 Å². The summed E-state index contributed by atoms with van der Waals surface area (Å²) in [7, 11) is 1.63. The first-order valence-corrected chi connectivity index (χ1v) is 11.4. The number of amides is 1. The van der Waals surface area contributed by atoms with Crippen LogP contribution in [-0.4, -0.2) is 30.6 Å². The molecular formula is C26H26BrNO4. The summed E-state index contributed by atoms with van der Waals surface area (Å²) in [5.41, 5.74) is 2.75. The molecule has 4 rings (SSSR count). The lowest BCUT2D eigenvalue weighted by molar-refractivity contribution is 0.0635. The Hall–Kier alpha value is -2.99. The Morgan fingerprint density at radius 2 is 1.59 bits per heavy atom. The molecule has 3 aromatic rings. The van der Waals surface area contributed by atoms with Crippen LogP contribution in [0.25, 0.3) is 0 Å². The molecule has 0 saturated carbocycles. The van der Waals surface area contributed by atoms with Crippen LogP contribution >= 0.6 is 15.9 Å². The lowest BCUT2D eigenvalue weighted by atomic mass is 10.1. The topological polar surface area (TPSA) is 48.0 Å². The quantitative estimate of drug-likeness (QED) is 0.383. The van der Waals surface area contributed by atoms with Crippen molar-refractivity contribution in [2.45, 2.75) is 32.5 Å². The summed E-state index contributed by atoms with van der Waals surface area (Å²) >= 11 is 3.48. The predicted octanol–water partition coefficient (Wildman–Crippen LogP) is 6.02. The van der Waals surface area contributed by atoms with Gasteiger partial charge in [0.15, 0.2) is 0 Å². The van der Waals surface area contributed by atoms with Gasteiger partial charge in [0, 0.05) is 16.6 Å². The predicted molar refractivity (Wildman–Crippen MR) is 127 cm³/mol. The van der Waals surface area contributed by atoms with Crippen LogP contribution < -0.4 is 14.2 Å². The summed E-state index contributed by atoms with van der Waals surface area (Å²) in [5, 5.41) is 0. The molecule has 1 aliphatic rings. The number of carbonyl (C=O) groups is 1. The zero-order valence-corrected chi connectivity index (χ0v) is 20.0.